The van der Waals surface area contributed by atoms with E-state index in [9.17, 15) is 23.1 Å². The second-order valence-corrected chi connectivity index (χ2v) is 6.32. The Morgan fingerprint density at radius 3 is 2.58 bits per heavy atom. The summed E-state index contributed by atoms with van der Waals surface area (Å²) < 4.78 is 38.3. The molecule has 2 aliphatic rings. The Bertz CT molecular complexity index is 633. The number of allylic oxidation sites excluding steroid dienone is 2. The van der Waals surface area contributed by atoms with E-state index in [0.29, 0.717) is 24.3 Å². The monoisotopic (exact) mass is 347 g/mol. The van der Waals surface area contributed by atoms with Crippen molar-refractivity contribution < 1.29 is 52.6 Å². The van der Waals surface area contributed by atoms with Crippen molar-refractivity contribution in [1.82, 2.24) is 5.32 Å². The topological polar surface area (TPSA) is 52.2 Å². The van der Waals surface area contributed by atoms with Crippen molar-refractivity contribution in [3.63, 3.8) is 0 Å². The molecular weight excluding hydrogens is 330 g/mol. The van der Waals surface area contributed by atoms with Gasteiger partial charge in [0, 0.05) is 0 Å². The Labute approximate surface area is 160 Å². The second-order valence-electron chi connectivity index (χ2n) is 6.32. The number of nitrogens with one attached hydrogen (secondary N) is 1. The van der Waals surface area contributed by atoms with Gasteiger partial charge in [-0.15, -0.1) is 0 Å². The van der Waals surface area contributed by atoms with Crippen LogP contribution in [0.4, 0.5) is 13.2 Å². The van der Waals surface area contributed by atoms with E-state index in [4.69, 9.17) is 0 Å². The van der Waals surface area contributed by atoms with Gasteiger partial charge < -0.3 is 15.2 Å². The second kappa shape index (κ2) is 7.60. The number of hydrogen-bond donors (Lipinski definition) is 1. The number of carbonyl (C=O) groups is 1. The summed E-state index contributed by atoms with van der Waals surface area (Å²) in [4.78, 5) is 11.4. The van der Waals surface area contributed by atoms with Crippen LogP contribution in [0.5, 0.6) is 0 Å². The Kier molecular flexibility index (Phi) is 6.18. The first-order chi connectivity index (χ1) is 10.8. The van der Waals surface area contributed by atoms with E-state index in [0.717, 1.165) is 25.0 Å². The molecule has 2 bridgehead atoms. The molecule has 7 heteroatoms. The molecule has 0 heterocycles. The summed E-state index contributed by atoms with van der Waals surface area (Å²) in [7, 11) is 0. The van der Waals surface area contributed by atoms with Gasteiger partial charge in [0.2, 0.25) is 0 Å². The minimum Gasteiger partial charge on any atom is -0.548 e. The maximum absolute atomic E-state index is 12.8. The molecule has 4 unspecified atom stereocenters. The number of halogens is 3. The van der Waals surface area contributed by atoms with Crippen LogP contribution in [0, 0.1) is 17.8 Å². The number of fused-ring (bicyclic) bond motifs is 2. The summed E-state index contributed by atoms with van der Waals surface area (Å²) in [5.41, 5.74) is -0.788. The van der Waals surface area contributed by atoms with Gasteiger partial charge in [0.05, 0.1) is 17.6 Å². The van der Waals surface area contributed by atoms with Gasteiger partial charge in [0.25, 0.3) is 0 Å². The molecule has 0 aromatic heterocycles. The third-order valence-corrected chi connectivity index (χ3v) is 4.78. The molecule has 0 amide bonds. The molecule has 1 saturated carbocycles. The van der Waals surface area contributed by atoms with E-state index in [1.165, 1.54) is 12.1 Å². The van der Waals surface area contributed by atoms with Crippen LogP contribution in [0.1, 0.15) is 30.0 Å². The Balaban J connectivity index is 0.00000208. The molecule has 2 aliphatic carbocycles. The smallest absolute Gasteiger partial charge is 0.548 e. The van der Waals surface area contributed by atoms with Gasteiger partial charge in [0.15, 0.2) is 0 Å². The van der Waals surface area contributed by atoms with Crippen molar-refractivity contribution >= 4 is 5.97 Å². The molecule has 0 spiro atoms. The molecule has 3 rings (SSSR count). The molecule has 0 radical (unpaired) electrons. The zero-order valence-electron chi connectivity index (χ0n) is 13.3. The summed E-state index contributed by atoms with van der Waals surface area (Å²) in [6.45, 7) is 0.459. The molecule has 124 valence electrons. The number of carboxylic acid groups (broad SMARTS) is 1. The molecule has 1 aromatic rings. The molecule has 3 nitrogen and oxygen atoms in total. The Hall–Kier alpha value is -0.820. The van der Waals surface area contributed by atoms with Crippen LogP contribution in [0.3, 0.4) is 0 Å². The predicted molar refractivity (Wildman–Crippen MR) is 76.0 cm³/mol. The van der Waals surface area contributed by atoms with E-state index in [-0.39, 0.29) is 35.1 Å². The van der Waals surface area contributed by atoms with Gasteiger partial charge in [-0.25, -0.2) is 0 Å². The first-order valence-corrected chi connectivity index (χ1v) is 7.64. The first kappa shape index (κ1) is 19.5. The van der Waals surface area contributed by atoms with Crippen molar-refractivity contribution in [1.29, 1.82) is 0 Å². The first-order valence-electron chi connectivity index (χ1n) is 7.64. The number of hydrogen-bond acceptors (Lipinski definition) is 3. The summed E-state index contributed by atoms with van der Waals surface area (Å²) in [6, 6.07) is 3.16. The van der Waals surface area contributed by atoms with E-state index in [1.54, 1.807) is 0 Å². The number of alkyl halides is 3. The summed E-state index contributed by atoms with van der Waals surface area (Å²) in [5, 5.41) is 14.2. The third-order valence-electron chi connectivity index (χ3n) is 4.78. The molecule has 24 heavy (non-hydrogen) atoms. The van der Waals surface area contributed by atoms with Crippen LogP contribution in [-0.2, 0) is 11.0 Å². The van der Waals surface area contributed by atoms with Crippen LogP contribution in [0.25, 0.3) is 0 Å². The molecule has 1 N–H and O–H groups in total. The average molecular weight is 347 g/mol. The number of rotatable bonds is 5. The van der Waals surface area contributed by atoms with Gasteiger partial charge in [-0.2, -0.15) is 13.2 Å². The zero-order valence-corrected chi connectivity index (χ0v) is 15.3. The number of benzene rings is 1. The molecule has 0 aliphatic heterocycles. The van der Waals surface area contributed by atoms with E-state index < -0.39 is 23.8 Å². The minimum atomic E-state index is -4.50. The SMILES string of the molecule is O=C([O-])C(NCC1CC2C=CC1C2)c1cccc(C(F)(F)F)c1.[Na+]. The van der Waals surface area contributed by atoms with Gasteiger partial charge in [-0.05, 0) is 54.8 Å². The summed E-state index contributed by atoms with van der Waals surface area (Å²) >= 11 is 0. The number of aliphatic carboxylic acids is 1. The molecular formula is C17H17F3NNaO2. The van der Waals surface area contributed by atoms with Gasteiger partial charge in [-0.1, -0.05) is 24.3 Å². The predicted octanol–water partition coefficient (Wildman–Crippen LogP) is -0.698. The van der Waals surface area contributed by atoms with Crippen LogP contribution in [-0.4, -0.2) is 12.5 Å². The molecule has 1 aromatic carbocycles. The molecule has 4 atom stereocenters. The summed E-state index contributed by atoms with van der Waals surface area (Å²) in [5.74, 6) is -0.0844. The van der Waals surface area contributed by atoms with Crippen molar-refractivity contribution in [3.05, 3.63) is 47.5 Å². The average Bonchev–Trinajstić information content (AvgIpc) is 3.09. The third kappa shape index (κ3) is 4.23. The van der Waals surface area contributed by atoms with Gasteiger partial charge >= 0.3 is 35.7 Å². The van der Waals surface area contributed by atoms with Crippen molar-refractivity contribution in [3.8, 4) is 0 Å². The number of carbonyl (C=O) groups excluding carboxylic acids is 1. The zero-order chi connectivity index (χ0) is 16.6. The fourth-order valence-corrected chi connectivity index (χ4v) is 3.63. The fourth-order valence-electron chi connectivity index (χ4n) is 3.63. The van der Waals surface area contributed by atoms with Crippen molar-refractivity contribution in [2.24, 2.45) is 17.8 Å². The van der Waals surface area contributed by atoms with E-state index >= 15 is 0 Å². The van der Waals surface area contributed by atoms with Crippen molar-refractivity contribution in [2.75, 3.05) is 6.54 Å². The fraction of sp³-hybridized carbons (Fsp3) is 0.471. The van der Waals surface area contributed by atoms with Crippen LogP contribution in [0.15, 0.2) is 36.4 Å². The minimum absolute atomic E-state index is 0. The van der Waals surface area contributed by atoms with Crippen molar-refractivity contribution in [2.45, 2.75) is 25.1 Å². The Morgan fingerprint density at radius 1 is 1.29 bits per heavy atom. The van der Waals surface area contributed by atoms with E-state index in [2.05, 4.69) is 17.5 Å². The largest absolute Gasteiger partial charge is 1.00 e. The standard InChI is InChI=1S/C17H18F3NO2.Na/c18-17(19,20)14-3-1-2-12(8-14)15(16(22)23)21-9-13-7-10-4-5-11(13)6-10;/h1-5,8,10-11,13,15,21H,6-7,9H2,(H,22,23);/q;+1/p-1. The van der Waals surface area contributed by atoms with Crippen LogP contribution in [0.2, 0.25) is 0 Å². The normalized spacial score (nSPS) is 26.2. The quantitative estimate of drug-likeness (QED) is 0.566. The van der Waals surface area contributed by atoms with E-state index in [1.807, 2.05) is 0 Å². The van der Waals surface area contributed by atoms with Gasteiger partial charge in [0.1, 0.15) is 0 Å². The van der Waals surface area contributed by atoms with Crippen LogP contribution >= 0.6 is 0 Å². The summed E-state index contributed by atoms with van der Waals surface area (Å²) in [6.07, 6.45) is 1.92. The van der Waals surface area contributed by atoms with Crippen LogP contribution < -0.4 is 40.0 Å². The number of carboxylic acids is 1. The molecule has 1 fully saturated rings. The van der Waals surface area contributed by atoms with Gasteiger partial charge in [-0.3, -0.25) is 0 Å². The maximum atomic E-state index is 12.8. The molecule has 0 saturated heterocycles. The Morgan fingerprint density at radius 2 is 2.04 bits per heavy atom. The maximum Gasteiger partial charge on any atom is 1.00 e.